The van der Waals surface area contributed by atoms with Crippen LogP contribution in [-0.2, 0) is 12.1 Å². The summed E-state index contributed by atoms with van der Waals surface area (Å²) in [6.07, 6.45) is -11.9. The third-order valence-electron chi connectivity index (χ3n) is 4.86. The summed E-state index contributed by atoms with van der Waals surface area (Å²) in [7, 11) is 0. The number of hydrogen-bond acceptors (Lipinski definition) is 2. The second-order valence-corrected chi connectivity index (χ2v) is 6.86. The van der Waals surface area contributed by atoms with Crippen molar-refractivity contribution in [2.75, 3.05) is 0 Å². The van der Waals surface area contributed by atoms with Gasteiger partial charge < -0.3 is 14.8 Å². The molecular formula is C20H15F6NO3. The fourth-order valence-electron chi connectivity index (χ4n) is 3.32. The molecule has 160 valence electrons. The van der Waals surface area contributed by atoms with E-state index in [2.05, 4.69) is 0 Å². The Balaban J connectivity index is 2.09. The van der Waals surface area contributed by atoms with Crippen LogP contribution in [0.3, 0.4) is 0 Å². The van der Waals surface area contributed by atoms with Crippen LogP contribution in [0.4, 0.5) is 26.3 Å². The van der Waals surface area contributed by atoms with Gasteiger partial charge in [-0.2, -0.15) is 26.3 Å². The maximum atomic E-state index is 13.1. The van der Waals surface area contributed by atoms with E-state index >= 15 is 0 Å². The van der Waals surface area contributed by atoms with Crippen LogP contribution in [0.2, 0.25) is 0 Å². The zero-order chi connectivity index (χ0) is 22.5. The number of alkyl halides is 6. The third-order valence-corrected chi connectivity index (χ3v) is 4.86. The van der Waals surface area contributed by atoms with Gasteiger partial charge in [-0.25, -0.2) is 4.79 Å². The molecule has 3 aromatic rings. The number of carboxylic acid groups (broad SMARTS) is 1. The molecule has 0 aliphatic rings. The Morgan fingerprint density at radius 1 is 0.967 bits per heavy atom. The molecule has 2 N–H and O–H groups in total. The first-order valence-electron chi connectivity index (χ1n) is 8.54. The summed E-state index contributed by atoms with van der Waals surface area (Å²) in [6, 6.07) is 9.72. The van der Waals surface area contributed by atoms with Crippen LogP contribution in [0.1, 0.15) is 27.2 Å². The zero-order valence-electron chi connectivity index (χ0n) is 15.3. The second kappa shape index (κ2) is 7.05. The van der Waals surface area contributed by atoms with E-state index in [0.717, 1.165) is 6.07 Å². The lowest BCUT2D eigenvalue weighted by Gasteiger charge is -2.32. The monoisotopic (exact) mass is 431 g/mol. The quantitative estimate of drug-likeness (QED) is 0.571. The fraction of sp³-hybridized carbons (Fsp3) is 0.250. The number of aryl methyl sites for hydroxylation is 1. The van der Waals surface area contributed by atoms with Gasteiger partial charge in [-0.05, 0) is 42.8 Å². The second-order valence-electron chi connectivity index (χ2n) is 6.86. The molecule has 0 radical (unpaired) electrons. The van der Waals surface area contributed by atoms with Crippen LogP contribution in [0.5, 0.6) is 0 Å². The van der Waals surface area contributed by atoms with E-state index < -0.39 is 29.5 Å². The summed E-state index contributed by atoms with van der Waals surface area (Å²) >= 11 is 0. The van der Waals surface area contributed by atoms with E-state index in [1.807, 2.05) is 0 Å². The Hall–Kier alpha value is -3.01. The topological polar surface area (TPSA) is 62.5 Å². The molecule has 1 aromatic heterocycles. The van der Waals surface area contributed by atoms with Crippen molar-refractivity contribution in [3.8, 4) is 0 Å². The highest BCUT2D eigenvalue weighted by molar-refractivity contribution is 5.87. The highest BCUT2D eigenvalue weighted by atomic mass is 19.4. The van der Waals surface area contributed by atoms with Crippen LogP contribution in [0, 0.1) is 6.92 Å². The molecule has 0 unspecified atom stereocenters. The van der Waals surface area contributed by atoms with Gasteiger partial charge in [0.2, 0.25) is 0 Å². The van der Waals surface area contributed by atoms with Crippen molar-refractivity contribution in [3.63, 3.8) is 0 Å². The van der Waals surface area contributed by atoms with Gasteiger partial charge >= 0.3 is 18.3 Å². The molecule has 0 bridgehead atoms. The Kier molecular flexibility index (Phi) is 5.10. The number of aromatic carboxylic acids is 1. The lowest BCUT2D eigenvalue weighted by molar-refractivity contribution is -0.376. The first-order chi connectivity index (χ1) is 13.8. The first kappa shape index (κ1) is 21.7. The molecule has 0 spiro atoms. The minimum absolute atomic E-state index is 0.0457. The largest absolute Gasteiger partial charge is 0.478 e. The maximum Gasteiger partial charge on any atom is 0.430 e. The molecule has 0 aliphatic carbocycles. The van der Waals surface area contributed by atoms with E-state index in [4.69, 9.17) is 5.11 Å². The van der Waals surface area contributed by atoms with Gasteiger partial charge in [-0.3, -0.25) is 0 Å². The number of hydrogen-bond donors (Lipinski definition) is 2. The Labute approximate surface area is 166 Å². The lowest BCUT2D eigenvalue weighted by atomic mass is 9.91. The minimum atomic E-state index is -5.96. The third kappa shape index (κ3) is 3.51. The molecule has 0 fully saturated rings. The van der Waals surface area contributed by atoms with Crippen LogP contribution < -0.4 is 0 Å². The number of benzene rings is 2. The number of rotatable bonds is 4. The minimum Gasteiger partial charge on any atom is -0.478 e. The van der Waals surface area contributed by atoms with Gasteiger partial charge in [0.05, 0.1) is 5.56 Å². The smallest absolute Gasteiger partial charge is 0.430 e. The molecule has 3 rings (SSSR count). The molecule has 4 nitrogen and oxygen atoms in total. The van der Waals surface area contributed by atoms with E-state index in [1.165, 1.54) is 24.3 Å². The van der Waals surface area contributed by atoms with Crippen LogP contribution in [-0.4, -0.2) is 33.1 Å². The Morgan fingerprint density at radius 2 is 1.60 bits per heavy atom. The van der Waals surface area contributed by atoms with Crippen LogP contribution >= 0.6 is 0 Å². The van der Waals surface area contributed by atoms with Gasteiger partial charge in [0, 0.05) is 28.7 Å². The highest BCUT2D eigenvalue weighted by Gasteiger charge is 2.71. The summed E-state index contributed by atoms with van der Waals surface area (Å²) in [5.41, 5.74) is -4.83. The molecule has 0 saturated heterocycles. The van der Waals surface area contributed by atoms with Crippen molar-refractivity contribution in [3.05, 3.63) is 70.9 Å². The standard InChI is InChI=1S/C20H15F6NO3/c1-11-7-14-9-15(18(30,19(21,22)23)20(24,25)26)5-6-16(14)27(11)10-12-3-2-4-13(8-12)17(28)29/h2-9,30H,10H2,1H3,(H,28,29). The molecule has 0 atom stereocenters. The van der Waals surface area contributed by atoms with Gasteiger partial charge in [0.1, 0.15) is 0 Å². The summed E-state index contributed by atoms with van der Waals surface area (Å²) in [5.74, 6) is -1.13. The molecule has 0 saturated carbocycles. The maximum absolute atomic E-state index is 13.1. The number of nitrogens with zero attached hydrogens (tertiary/aromatic N) is 1. The Bertz CT molecular complexity index is 1100. The van der Waals surface area contributed by atoms with Crippen LogP contribution in [0.25, 0.3) is 10.9 Å². The number of carboxylic acids is 1. The number of aliphatic hydroxyl groups is 1. The highest BCUT2D eigenvalue weighted by Crippen LogP contribution is 2.50. The Morgan fingerprint density at radius 3 is 2.17 bits per heavy atom. The lowest BCUT2D eigenvalue weighted by Crippen LogP contribution is -2.53. The van der Waals surface area contributed by atoms with Gasteiger partial charge in [-0.1, -0.05) is 18.2 Å². The number of carbonyl (C=O) groups is 1. The predicted octanol–water partition coefficient (Wildman–Crippen LogP) is 5.01. The van der Waals surface area contributed by atoms with Gasteiger partial charge in [0.15, 0.2) is 0 Å². The van der Waals surface area contributed by atoms with Crippen molar-refractivity contribution >= 4 is 16.9 Å². The number of halogens is 6. The molecule has 30 heavy (non-hydrogen) atoms. The SMILES string of the molecule is Cc1cc2cc(C(O)(C(F)(F)F)C(F)(F)F)ccc2n1Cc1cccc(C(=O)O)c1. The predicted molar refractivity (Wildman–Crippen MR) is 95.2 cm³/mol. The molecule has 10 heteroatoms. The molecule has 2 aromatic carbocycles. The van der Waals surface area contributed by atoms with Gasteiger partial charge in [0.25, 0.3) is 5.60 Å². The molecular weight excluding hydrogens is 416 g/mol. The zero-order valence-corrected chi connectivity index (χ0v) is 15.3. The average Bonchev–Trinajstić information content (AvgIpc) is 2.94. The molecule has 0 aliphatic heterocycles. The van der Waals surface area contributed by atoms with E-state index in [-0.39, 0.29) is 17.5 Å². The summed E-state index contributed by atoms with van der Waals surface area (Å²) in [5, 5.41) is 18.8. The average molecular weight is 431 g/mol. The number of aromatic nitrogens is 1. The van der Waals surface area contributed by atoms with Crippen molar-refractivity contribution in [1.29, 1.82) is 0 Å². The van der Waals surface area contributed by atoms with Crippen molar-refractivity contribution < 1.29 is 41.4 Å². The summed E-state index contributed by atoms with van der Waals surface area (Å²) in [6.45, 7) is 1.76. The van der Waals surface area contributed by atoms with E-state index in [1.54, 1.807) is 17.6 Å². The first-order valence-corrected chi connectivity index (χ1v) is 8.54. The van der Waals surface area contributed by atoms with Gasteiger partial charge in [-0.15, -0.1) is 0 Å². The molecule has 1 heterocycles. The number of fused-ring (bicyclic) bond motifs is 1. The van der Waals surface area contributed by atoms with Crippen molar-refractivity contribution in [1.82, 2.24) is 4.57 Å². The fourth-order valence-corrected chi connectivity index (χ4v) is 3.32. The van der Waals surface area contributed by atoms with E-state index in [9.17, 15) is 36.2 Å². The van der Waals surface area contributed by atoms with E-state index in [0.29, 0.717) is 28.9 Å². The normalized spacial score (nSPS) is 13.1. The summed E-state index contributed by atoms with van der Waals surface area (Å²) < 4.78 is 80.5. The van der Waals surface area contributed by atoms with Crippen molar-refractivity contribution in [2.45, 2.75) is 31.4 Å². The summed E-state index contributed by atoms with van der Waals surface area (Å²) in [4.78, 5) is 11.1. The molecule has 0 amide bonds. The van der Waals surface area contributed by atoms with Crippen LogP contribution in [0.15, 0.2) is 48.5 Å². The van der Waals surface area contributed by atoms with Crippen molar-refractivity contribution in [2.24, 2.45) is 0 Å².